The van der Waals surface area contributed by atoms with E-state index in [0.29, 0.717) is 0 Å². The fraction of sp³-hybridized carbons (Fsp3) is 0.238. The van der Waals surface area contributed by atoms with Crippen LogP contribution >= 0.6 is 0 Å². The van der Waals surface area contributed by atoms with Crippen LogP contribution in [0.25, 0.3) is 0 Å². The summed E-state index contributed by atoms with van der Waals surface area (Å²) < 4.78 is 43.0. The Kier molecular flexibility index (Phi) is 7.66. The van der Waals surface area contributed by atoms with Crippen molar-refractivity contribution in [2.45, 2.75) is 25.7 Å². The number of ether oxygens (including phenoxy) is 1. The summed E-state index contributed by atoms with van der Waals surface area (Å²) >= 11 is 0. The Morgan fingerprint density at radius 1 is 1.10 bits per heavy atom. The number of halogens is 3. The molecule has 0 heterocycles. The van der Waals surface area contributed by atoms with Gasteiger partial charge in [0.25, 0.3) is 0 Å². The van der Waals surface area contributed by atoms with Gasteiger partial charge in [-0.3, -0.25) is 4.79 Å². The van der Waals surface area contributed by atoms with Crippen LogP contribution in [0.2, 0.25) is 0 Å². The first-order valence-corrected chi connectivity index (χ1v) is 8.67. The molecule has 8 heteroatoms. The van der Waals surface area contributed by atoms with E-state index in [2.05, 4.69) is 22.5 Å². The number of carbonyl (C=O) groups is 2. The molecule has 2 aromatic carbocycles. The van der Waals surface area contributed by atoms with E-state index in [1.165, 1.54) is 19.1 Å². The highest BCUT2D eigenvalue weighted by Crippen LogP contribution is 2.29. The molecule has 1 unspecified atom stereocenters. The molecule has 0 radical (unpaired) electrons. The summed E-state index contributed by atoms with van der Waals surface area (Å²) in [6, 6.07) is 12.8. The molecule has 1 atom stereocenters. The third-order valence-corrected chi connectivity index (χ3v) is 3.71. The van der Waals surface area contributed by atoms with Crippen molar-refractivity contribution in [2.75, 3.05) is 6.54 Å². The van der Waals surface area contributed by atoms with Gasteiger partial charge < -0.3 is 15.4 Å². The van der Waals surface area contributed by atoms with Gasteiger partial charge in [-0.2, -0.15) is 13.2 Å². The van der Waals surface area contributed by atoms with Gasteiger partial charge in [-0.25, -0.2) is 4.79 Å². The smallest absolute Gasteiger partial charge is 0.416 e. The molecule has 2 amide bonds. The quantitative estimate of drug-likeness (QED) is 0.750. The first kappa shape index (κ1) is 21.8. The van der Waals surface area contributed by atoms with E-state index >= 15 is 0 Å². The second kappa shape index (κ2) is 10.2. The van der Waals surface area contributed by atoms with Gasteiger partial charge >= 0.3 is 12.3 Å². The summed E-state index contributed by atoms with van der Waals surface area (Å²) in [6.45, 7) is 1.46. The summed E-state index contributed by atoms with van der Waals surface area (Å²) in [7, 11) is 0. The molecular weight excluding hydrogens is 385 g/mol. The molecule has 5 nitrogen and oxygen atoms in total. The summed E-state index contributed by atoms with van der Waals surface area (Å²) in [4.78, 5) is 23.7. The van der Waals surface area contributed by atoms with Crippen LogP contribution in [0.5, 0.6) is 0 Å². The lowest BCUT2D eigenvalue weighted by molar-refractivity contribution is -0.137. The number of hydrogen-bond donors (Lipinski definition) is 2. The molecule has 0 aliphatic heterocycles. The van der Waals surface area contributed by atoms with Crippen LogP contribution in [0.15, 0.2) is 54.6 Å². The minimum atomic E-state index is -4.44. The highest BCUT2D eigenvalue weighted by atomic mass is 19.4. The number of carbonyl (C=O) groups excluding carboxylic acids is 2. The molecule has 0 bridgehead atoms. The molecule has 29 heavy (non-hydrogen) atoms. The minimum Gasteiger partial charge on any atom is -0.445 e. The van der Waals surface area contributed by atoms with Crippen molar-refractivity contribution in [1.82, 2.24) is 10.6 Å². The van der Waals surface area contributed by atoms with Crippen LogP contribution in [-0.2, 0) is 22.3 Å². The zero-order valence-electron chi connectivity index (χ0n) is 15.5. The van der Waals surface area contributed by atoms with E-state index in [1.807, 2.05) is 18.2 Å². The average Bonchev–Trinajstić information content (AvgIpc) is 2.70. The van der Waals surface area contributed by atoms with Crippen LogP contribution in [-0.4, -0.2) is 24.6 Å². The Bertz CT molecular complexity index is 903. The number of alkyl halides is 3. The topological polar surface area (TPSA) is 67.4 Å². The van der Waals surface area contributed by atoms with Crippen molar-refractivity contribution in [3.63, 3.8) is 0 Å². The van der Waals surface area contributed by atoms with E-state index in [1.54, 1.807) is 12.1 Å². The van der Waals surface area contributed by atoms with Gasteiger partial charge in [0.15, 0.2) is 0 Å². The molecular formula is C21H19F3N2O3. The second-order valence-corrected chi connectivity index (χ2v) is 6.03. The van der Waals surface area contributed by atoms with Gasteiger partial charge in [-0.1, -0.05) is 48.2 Å². The Morgan fingerprint density at radius 2 is 1.83 bits per heavy atom. The van der Waals surface area contributed by atoms with Crippen LogP contribution in [0.1, 0.15) is 23.6 Å². The lowest BCUT2D eigenvalue weighted by atomic mass is 10.1. The molecule has 2 aromatic rings. The third kappa shape index (κ3) is 7.58. The number of alkyl carbamates (subject to hydrolysis) is 1. The van der Waals surface area contributed by atoms with Gasteiger partial charge in [-0.05, 0) is 30.7 Å². The molecule has 0 spiro atoms. The largest absolute Gasteiger partial charge is 0.445 e. The van der Waals surface area contributed by atoms with Crippen molar-refractivity contribution in [3.8, 4) is 11.8 Å². The van der Waals surface area contributed by atoms with Crippen LogP contribution in [0.4, 0.5) is 18.0 Å². The molecule has 0 aliphatic rings. The number of hydrogen-bond acceptors (Lipinski definition) is 3. The van der Waals surface area contributed by atoms with Crippen molar-refractivity contribution in [1.29, 1.82) is 0 Å². The maximum absolute atomic E-state index is 12.7. The van der Waals surface area contributed by atoms with E-state index in [9.17, 15) is 22.8 Å². The van der Waals surface area contributed by atoms with Gasteiger partial charge in [0.1, 0.15) is 12.6 Å². The SMILES string of the molecule is CC(NC(=O)OCc1ccccc1)C(=O)NCC#Cc1cccc(C(F)(F)F)c1. The van der Waals surface area contributed by atoms with Crippen molar-refractivity contribution in [2.24, 2.45) is 0 Å². The van der Waals surface area contributed by atoms with Crippen LogP contribution in [0.3, 0.4) is 0 Å². The van der Waals surface area contributed by atoms with E-state index in [0.717, 1.165) is 17.7 Å². The molecule has 0 aromatic heterocycles. The second-order valence-electron chi connectivity index (χ2n) is 6.03. The Labute approximate surface area is 166 Å². The Hall–Kier alpha value is -3.47. The van der Waals surface area contributed by atoms with Crippen LogP contribution < -0.4 is 10.6 Å². The highest BCUT2D eigenvalue weighted by molar-refractivity contribution is 5.85. The fourth-order valence-corrected chi connectivity index (χ4v) is 2.21. The molecule has 0 saturated heterocycles. The standard InChI is InChI=1S/C21H19F3N2O3/c1-15(26-20(28)29-14-17-7-3-2-4-8-17)19(27)25-12-6-10-16-9-5-11-18(13-16)21(22,23)24/h2-5,7-9,11,13,15H,12,14H2,1H3,(H,25,27)(H,26,28). The van der Waals surface area contributed by atoms with E-state index in [-0.39, 0.29) is 18.7 Å². The lowest BCUT2D eigenvalue weighted by Crippen LogP contribution is -2.45. The molecule has 0 saturated carbocycles. The maximum Gasteiger partial charge on any atom is 0.416 e. The normalized spacial score (nSPS) is 11.6. The van der Waals surface area contributed by atoms with Gasteiger partial charge in [0, 0.05) is 5.56 Å². The Balaban J connectivity index is 1.76. The monoisotopic (exact) mass is 404 g/mol. The van der Waals surface area contributed by atoms with E-state index < -0.39 is 29.8 Å². The van der Waals surface area contributed by atoms with Crippen molar-refractivity contribution in [3.05, 3.63) is 71.3 Å². The molecule has 2 N–H and O–H groups in total. The third-order valence-electron chi connectivity index (χ3n) is 3.71. The van der Waals surface area contributed by atoms with Gasteiger partial charge in [-0.15, -0.1) is 0 Å². The van der Waals surface area contributed by atoms with Gasteiger partial charge in [0.2, 0.25) is 5.91 Å². The zero-order valence-corrected chi connectivity index (χ0v) is 15.5. The lowest BCUT2D eigenvalue weighted by Gasteiger charge is -2.13. The summed E-state index contributed by atoms with van der Waals surface area (Å²) in [5, 5.41) is 4.86. The van der Waals surface area contributed by atoms with Crippen LogP contribution in [0, 0.1) is 11.8 Å². The average molecular weight is 404 g/mol. The predicted molar refractivity (Wildman–Crippen MR) is 101 cm³/mol. The number of benzene rings is 2. The maximum atomic E-state index is 12.7. The molecule has 152 valence electrons. The fourth-order valence-electron chi connectivity index (χ4n) is 2.21. The van der Waals surface area contributed by atoms with Crippen molar-refractivity contribution < 1.29 is 27.5 Å². The van der Waals surface area contributed by atoms with Crippen molar-refractivity contribution >= 4 is 12.0 Å². The van der Waals surface area contributed by atoms with E-state index in [4.69, 9.17) is 4.74 Å². The first-order chi connectivity index (χ1) is 13.8. The highest BCUT2D eigenvalue weighted by Gasteiger charge is 2.30. The number of nitrogens with one attached hydrogen (secondary N) is 2. The summed E-state index contributed by atoms with van der Waals surface area (Å²) in [5.41, 5.74) is 0.203. The van der Waals surface area contributed by atoms with Gasteiger partial charge in [0.05, 0.1) is 12.1 Å². The molecule has 2 rings (SSSR count). The molecule has 0 fully saturated rings. The minimum absolute atomic E-state index is 0.0729. The zero-order chi connectivity index (χ0) is 21.3. The molecule has 0 aliphatic carbocycles. The first-order valence-electron chi connectivity index (χ1n) is 8.67. The number of amides is 2. The summed E-state index contributed by atoms with van der Waals surface area (Å²) in [5.74, 6) is 4.63. The summed E-state index contributed by atoms with van der Waals surface area (Å²) in [6.07, 6.45) is -5.19. The number of rotatable bonds is 5. The predicted octanol–water partition coefficient (Wildman–Crippen LogP) is 3.49. The Morgan fingerprint density at radius 3 is 2.52 bits per heavy atom.